The lowest BCUT2D eigenvalue weighted by molar-refractivity contribution is 0.375. The highest BCUT2D eigenvalue weighted by molar-refractivity contribution is 5.78. The largest absolute Gasteiger partial charge is 0.335 e. The van der Waals surface area contributed by atoms with Crippen LogP contribution in [-0.2, 0) is 0 Å². The van der Waals surface area contributed by atoms with Crippen molar-refractivity contribution in [1.29, 1.82) is 0 Å². The number of anilines is 1. The number of fused-ring (bicyclic) bond motifs is 1. The molecule has 2 unspecified atom stereocenters. The fraction of sp³-hybridized carbons (Fsp3) is 0.500. The number of rotatable bonds is 3. The van der Waals surface area contributed by atoms with Crippen molar-refractivity contribution in [2.75, 3.05) is 18.0 Å². The molecule has 4 heteroatoms. The van der Waals surface area contributed by atoms with Crippen LogP contribution < -0.4 is 10.2 Å². The van der Waals surface area contributed by atoms with Gasteiger partial charge in [-0.2, -0.15) is 0 Å². The van der Waals surface area contributed by atoms with E-state index in [4.69, 9.17) is 4.98 Å². The zero-order valence-electron chi connectivity index (χ0n) is 12.2. The summed E-state index contributed by atoms with van der Waals surface area (Å²) in [5.41, 5.74) is 1.03. The minimum atomic E-state index is 0.485. The Morgan fingerprint density at radius 2 is 2.10 bits per heavy atom. The molecule has 3 rings (SSSR count). The molecule has 1 fully saturated rings. The van der Waals surface area contributed by atoms with E-state index in [9.17, 15) is 0 Å². The minimum Gasteiger partial charge on any atom is -0.335 e. The smallest absolute Gasteiger partial charge is 0.226 e. The second-order valence-electron chi connectivity index (χ2n) is 5.46. The summed E-state index contributed by atoms with van der Waals surface area (Å²) in [4.78, 5) is 11.7. The van der Waals surface area contributed by atoms with E-state index in [1.165, 1.54) is 0 Å². The van der Waals surface area contributed by atoms with Gasteiger partial charge >= 0.3 is 0 Å². The number of nitrogens with zero attached hydrogens (tertiary/aromatic N) is 3. The van der Waals surface area contributed by atoms with E-state index in [0.29, 0.717) is 12.1 Å². The maximum atomic E-state index is 4.75. The summed E-state index contributed by atoms with van der Waals surface area (Å²) < 4.78 is 0. The highest BCUT2D eigenvalue weighted by Gasteiger charge is 2.27. The standard InChI is InChI=1S/C16H22N4/c1-3-13-11-20(14(4-2)10-17-13)16-18-9-12-7-5-6-8-15(12)19-16/h5-9,13-14,17H,3-4,10-11H2,1-2H3. The van der Waals surface area contributed by atoms with Gasteiger partial charge in [-0.25, -0.2) is 9.97 Å². The number of nitrogens with one attached hydrogen (secondary N) is 1. The Bertz CT molecular complexity index is 583. The number of piperazine rings is 1. The third-order valence-corrected chi connectivity index (χ3v) is 4.20. The molecule has 1 aromatic heterocycles. The second-order valence-corrected chi connectivity index (χ2v) is 5.46. The van der Waals surface area contributed by atoms with Gasteiger partial charge in [-0.3, -0.25) is 0 Å². The van der Waals surface area contributed by atoms with Gasteiger partial charge in [0.1, 0.15) is 0 Å². The molecule has 1 saturated heterocycles. The van der Waals surface area contributed by atoms with Gasteiger partial charge in [0.15, 0.2) is 0 Å². The normalized spacial score (nSPS) is 23.2. The van der Waals surface area contributed by atoms with E-state index in [1.807, 2.05) is 18.3 Å². The molecular formula is C16H22N4. The van der Waals surface area contributed by atoms with Gasteiger partial charge in [0, 0.05) is 36.8 Å². The van der Waals surface area contributed by atoms with Crippen molar-refractivity contribution in [3.05, 3.63) is 30.5 Å². The van der Waals surface area contributed by atoms with Crippen LogP contribution >= 0.6 is 0 Å². The molecule has 0 spiro atoms. The lowest BCUT2D eigenvalue weighted by atomic mass is 10.1. The average molecular weight is 270 g/mol. The second kappa shape index (κ2) is 5.75. The molecule has 0 saturated carbocycles. The molecule has 0 amide bonds. The average Bonchev–Trinajstić information content (AvgIpc) is 2.53. The Labute approximate surface area is 120 Å². The Kier molecular flexibility index (Phi) is 3.83. The summed E-state index contributed by atoms with van der Waals surface area (Å²) in [6.07, 6.45) is 4.19. The molecular weight excluding hydrogens is 248 g/mol. The number of benzene rings is 1. The van der Waals surface area contributed by atoms with Crippen molar-refractivity contribution in [2.45, 2.75) is 38.8 Å². The van der Waals surface area contributed by atoms with E-state index in [-0.39, 0.29) is 0 Å². The summed E-state index contributed by atoms with van der Waals surface area (Å²) in [5.74, 6) is 0.871. The SMILES string of the molecule is CCC1CN(c2ncc3ccccc3n2)C(CC)CN1. The van der Waals surface area contributed by atoms with E-state index >= 15 is 0 Å². The molecule has 106 valence electrons. The van der Waals surface area contributed by atoms with Crippen LogP contribution in [0.5, 0.6) is 0 Å². The van der Waals surface area contributed by atoms with Crippen molar-refractivity contribution in [1.82, 2.24) is 15.3 Å². The number of hydrogen-bond donors (Lipinski definition) is 1. The zero-order chi connectivity index (χ0) is 13.9. The van der Waals surface area contributed by atoms with Gasteiger partial charge in [-0.15, -0.1) is 0 Å². The summed E-state index contributed by atoms with van der Waals surface area (Å²) in [6, 6.07) is 9.19. The monoisotopic (exact) mass is 270 g/mol. The zero-order valence-corrected chi connectivity index (χ0v) is 12.2. The third kappa shape index (κ3) is 2.48. The van der Waals surface area contributed by atoms with Crippen LogP contribution in [0, 0.1) is 0 Å². The maximum absolute atomic E-state index is 4.75. The highest BCUT2D eigenvalue weighted by Crippen LogP contribution is 2.20. The van der Waals surface area contributed by atoms with E-state index in [2.05, 4.69) is 41.2 Å². The molecule has 2 heterocycles. The van der Waals surface area contributed by atoms with E-state index in [1.54, 1.807) is 0 Å². The lowest BCUT2D eigenvalue weighted by Crippen LogP contribution is -2.56. The molecule has 1 aliphatic heterocycles. The molecule has 0 bridgehead atoms. The van der Waals surface area contributed by atoms with Crippen LogP contribution in [0.2, 0.25) is 0 Å². The summed E-state index contributed by atoms with van der Waals surface area (Å²) in [7, 11) is 0. The van der Waals surface area contributed by atoms with Crippen LogP contribution in [0.1, 0.15) is 26.7 Å². The lowest BCUT2D eigenvalue weighted by Gasteiger charge is -2.40. The molecule has 4 nitrogen and oxygen atoms in total. The first-order chi connectivity index (χ1) is 9.81. The van der Waals surface area contributed by atoms with Gasteiger partial charge in [-0.1, -0.05) is 32.0 Å². The van der Waals surface area contributed by atoms with Crippen LogP contribution in [0.4, 0.5) is 5.95 Å². The first-order valence-corrected chi connectivity index (χ1v) is 7.53. The van der Waals surface area contributed by atoms with Crippen molar-refractivity contribution in [3.8, 4) is 0 Å². The van der Waals surface area contributed by atoms with Crippen molar-refractivity contribution < 1.29 is 0 Å². The quantitative estimate of drug-likeness (QED) is 0.931. The topological polar surface area (TPSA) is 41.1 Å². The Morgan fingerprint density at radius 3 is 2.90 bits per heavy atom. The van der Waals surface area contributed by atoms with Gasteiger partial charge < -0.3 is 10.2 Å². The van der Waals surface area contributed by atoms with E-state index < -0.39 is 0 Å². The summed E-state index contributed by atoms with van der Waals surface area (Å²) >= 11 is 0. The summed E-state index contributed by atoms with van der Waals surface area (Å²) in [5, 5.41) is 4.71. The molecule has 20 heavy (non-hydrogen) atoms. The van der Waals surface area contributed by atoms with Crippen LogP contribution in [-0.4, -0.2) is 35.1 Å². The molecule has 0 radical (unpaired) electrons. The Balaban J connectivity index is 1.94. The minimum absolute atomic E-state index is 0.485. The number of hydrogen-bond acceptors (Lipinski definition) is 4. The first kappa shape index (κ1) is 13.3. The van der Waals surface area contributed by atoms with Gasteiger partial charge in [0.25, 0.3) is 0 Å². The third-order valence-electron chi connectivity index (χ3n) is 4.20. The highest BCUT2D eigenvalue weighted by atomic mass is 15.3. The Morgan fingerprint density at radius 1 is 1.25 bits per heavy atom. The van der Waals surface area contributed by atoms with Crippen molar-refractivity contribution >= 4 is 16.9 Å². The van der Waals surface area contributed by atoms with Crippen LogP contribution in [0.3, 0.4) is 0 Å². The molecule has 1 aromatic carbocycles. The summed E-state index contributed by atoms with van der Waals surface area (Å²) in [6.45, 7) is 6.47. The van der Waals surface area contributed by atoms with E-state index in [0.717, 1.165) is 42.8 Å². The number of para-hydroxylation sites is 1. The maximum Gasteiger partial charge on any atom is 0.226 e. The molecule has 1 N–H and O–H groups in total. The molecule has 2 atom stereocenters. The van der Waals surface area contributed by atoms with Gasteiger partial charge in [-0.05, 0) is 18.9 Å². The Hall–Kier alpha value is -1.68. The predicted octanol–water partition coefficient (Wildman–Crippen LogP) is 2.60. The molecule has 2 aromatic rings. The number of aromatic nitrogens is 2. The first-order valence-electron chi connectivity index (χ1n) is 7.53. The fourth-order valence-corrected chi connectivity index (χ4v) is 2.85. The van der Waals surface area contributed by atoms with Crippen molar-refractivity contribution in [2.24, 2.45) is 0 Å². The van der Waals surface area contributed by atoms with Crippen LogP contribution in [0.25, 0.3) is 10.9 Å². The molecule has 1 aliphatic rings. The van der Waals surface area contributed by atoms with Gasteiger partial charge in [0.05, 0.1) is 5.52 Å². The fourth-order valence-electron chi connectivity index (χ4n) is 2.85. The molecule has 0 aliphatic carbocycles. The van der Waals surface area contributed by atoms with Crippen molar-refractivity contribution in [3.63, 3.8) is 0 Å². The van der Waals surface area contributed by atoms with Crippen LogP contribution in [0.15, 0.2) is 30.5 Å². The predicted molar refractivity (Wildman–Crippen MR) is 83.0 cm³/mol. The van der Waals surface area contributed by atoms with Gasteiger partial charge in [0.2, 0.25) is 5.95 Å².